The van der Waals surface area contributed by atoms with Crippen LogP contribution in [0.1, 0.15) is 24.1 Å². The predicted molar refractivity (Wildman–Crippen MR) is 97.0 cm³/mol. The summed E-state index contributed by atoms with van der Waals surface area (Å²) in [6.07, 6.45) is 4.15. The van der Waals surface area contributed by atoms with Crippen LogP contribution in [0.25, 0.3) is 0 Å². The molecular weight excluding hydrogens is 318 g/mol. The van der Waals surface area contributed by atoms with E-state index in [1.165, 1.54) is 5.56 Å². The first-order valence-electron chi connectivity index (χ1n) is 8.81. The molecule has 128 valence electrons. The lowest BCUT2D eigenvalue weighted by atomic mass is 9.89. The van der Waals surface area contributed by atoms with E-state index in [2.05, 4.69) is 43.7 Å². The summed E-state index contributed by atoms with van der Waals surface area (Å²) in [6, 6.07) is 8.40. The highest BCUT2D eigenvalue weighted by Crippen LogP contribution is 2.31. The van der Waals surface area contributed by atoms with Crippen molar-refractivity contribution in [3.8, 4) is 0 Å². The van der Waals surface area contributed by atoms with E-state index in [1.807, 2.05) is 12.3 Å². The third-order valence-electron chi connectivity index (χ3n) is 5.19. The number of hydrogen-bond donors (Lipinski definition) is 0. The molecular formula is C19H25N3OS. The van der Waals surface area contributed by atoms with Crippen LogP contribution in [0.3, 0.4) is 0 Å². The Balaban J connectivity index is 1.32. The number of morpholine rings is 1. The van der Waals surface area contributed by atoms with Crippen LogP contribution in [0.4, 0.5) is 0 Å². The van der Waals surface area contributed by atoms with Gasteiger partial charge in [0.2, 0.25) is 0 Å². The molecule has 2 fully saturated rings. The number of thiophene rings is 1. The molecule has 1 spiro atoms. The summed E-state index contributed by atoms with van der Waals surface area (Å²) in [5, 5.41) is 4.43. The first-order chi connectivity index (χ1) is 11.8. The van der Waals surface area contributed by atoms with Crippen LogP contribution in [0.2, 0.25) is 0 Å². The highest BCUT2D eigenvalue weighted by Gasteiger charge is 2.39. The smallest absolute Gasteiger partial charge is 0.0833 e. The Morgan fingerprint density at radius 2 is 2.00 bits per heavy atom. The van der Waals surface area contributed by atoms with Crippen molar-refractivity contribution in [2.24, 2.45) is 0 Å². The second-order valence-electron chi connectivity index (χ2n) is 6.97. The fraction of sp³-hybridized carbons (Fsp3) is 0.526. The van der Waals surface area contributed by atoms with Crippen LogP contribution in [-0.4, -0.2) is 53.2 Å². The van der Waals surface area contributed by atoms with Crippen LogP contribution in [0, 0.1) is 0 Å². The molecule has 4 nitrogen and oxygen atoms in total. The zero-order valence-corrected chi connectivity index (χ0v) is 14.9. The number of hydrogen-bond acceptors (Lipinski definition) is 5. The summed E-state index contributed by atoms with van der Waals surface area (Å²) in [4.78, 5) is 9.55. The van der Waals surface area contributed by atoms with Gasteiger partial charge in [0.05, 0.1) is 17.9 Å². The normalized spacial score (nSPS) is 22.0. The van der Waals surface area contributed by atoms with Crippen molar-refractivity contribution in [3.05, 3.63) is 52.5 Å². The fourth-order valence-electron chi connectivity index (χ4n) is 3.84. The molecule has 2 aliphatic heterocycles. The average Bonchev–Trinajstić information content (AvgIpc) is 3.11. The van der Waals surface area contributed by atoms with Crippen LogP contribution in [-0.2, 0) is 17.8 Å². The van der Waals surface area contributed by atoms with Crippen LogP contribution < -0.4 is 0 Å². The minimum Gasteiger partial charge on any atom is -0.372 e. The quantitative estimate of drug-likeness (QED) is 0.853. The first kappa shape index (κ1) is 16.2. The van der Waals surface area contributed by atoms with Crippen molar-refractivity contribution in [2.45, 2.75) is 31.5 Å². The number of piperidine rings is 1. The van der Waals surface area contributed by atoms with Crippen molar-refractivity contribution in [2.75, 3.05) is 32.8 Å². The number of nitrogens with zero attached hydrogens (tertiary/aromatic N) is 3. The van der Waals surface area contributed by atoms with Gasteiger partial charge in [-0.1, -0.05) is 6.07 Å². The third kappa shape index (κ3) is 3.86. The molecule has 4 rings (SSSR count). The summed E-state index contributed by atoms with van der Waals surface area (Å²) in [6.45, 7) is 7.17. The molecule has 24 heavy (non-hydrogen) atoms. The van der Waals surface area contributed by atoms with Crippen LogP contribution in [0.15, 0.2) is 41.2 Å². The van der Waals surface area contributed by atoms with Crippen molar-refractivity contribution in [1.82, 2.24) is 14.8 Å². The van der Waals surface area contributed by atoms with Gasteiger partial charge in [-0.25, -0.2) is 0 Å². The van der Waals surface area contributed by atoms with Gasteiger partial charge in [0.15, 0.2) is 0 Å². The van der Waals surface area contributed by atoms with E-state index >= 15 is 0 Å². The zero-order chi connectivity index (χ0) is 16.2. The van der Waals surface area contributed by atoms with Crippen LogP contribution >= 0.6 is 11.3 Å². The first-order valence-corrected chi connectivity index (χ1v) is 9.75. The lowest BCUT2D eigenvalue weighted by Crippen LogP contribution is -2.56. The number of ether oxygens (including phenoxy) is 1. The second kappa shape index (κ2) is 7.31. The minimum absolute atomic E-state index is 0.0537. The Kier molecular flexibility index (Phi) is 4.94. The van der Waals surface area contributed by atoms with E-state index < -0.39 is 0 Å². The Hall–Kier alpha value is -1.27. The van der Waals surface area contributed by atoms with E-state index in [1.54, 1.807) is 11.3 Å². The van der Waals surface area contributed by atoms with E-state index in [0.717, 1.165) is 64.4 Å². The number of pyridine rings is 1. The van der Waals surface area contributed by atoms with Gasteiger partial charge in [0.25, 0.3) is 0 Å². The molecule has 0 aromatic carbocycles. The molecule has 0 N–H and O–H groups in total. The minimum atomic E-state index is 0.0537. The molecule has 0 bridgehead atoms. The Bertz CT molecular complexity index is 623. The van der Waals surface area contributed by atoms with Crippen LogP contribution in [0.5, 0.6) is 0 Å². The van der Waals surface area contributed by atoms with Gasteiger partial charge in [-0.05, 0) is 47.4 Å². The Morgan fingerprint density at radius 3 is 2.75 bits per heavy atom. The summed E-state index contributed by atoms with van der Waals surface area (Å²) in [5.74, 6) is 0. The fourth-order valence-corrected chi connectivity index (χ4v) is 4.50. The molecule has 0 radical (unpaired) electrons. The molecule has 0 saturated carbocycles. The van der Waals surface area contributed by atoms with E-state index in [0.29, 0.717) is 0 Å². The predicted octanol–water partition coefficient (Wildman–Crippen LogP) is 3.01. The van der Waals surface area contributed by atoms with Gasteiger partial charge in [-0.15, -0.1) is 0 Å². The highest BCUT2D eigenvalue weighted by atomic mass is 32.1. The number of rotatable bonds is 4. The van der Waals surface area contributed by atoms with Crippen molar-refractivity contribution in [1.29, 1.82) is 0 Å². The second-order valence-corrected chi connectivity index (χ2v) is 7.75. The van der Waals surface area contributed by atoms with Gasteiger partial charge in [0, 0.05) is 45.5 Å². The molecule has 0 amide bonds. The van der Waals surface area contributed by atoms with Gasteiger partial charge in [-0.3, -0.25) is 14.8 Å². The van der Waals surface area contributed by atoms with Gasteiger partial charge in [0.1, 0.15) is 0 Å². The largest absolute Gasteiger partial charge is 0.372 e. The molecule has 2 aromatic heterocycles. The summed E-state index contributed by atoms with van der Waals surface area (Å²) in [7, 11) is 0. The summed E-state index contributed by atoms with van der Waals surface area (Å²) >= 11 is 1.79. The van der Waals surface area contributed by atoms with Crippen molar-refractivity contribution < 1.29 is 4.74 Å². The standard InChI is InChI=1S/C19H25N3OS/c1-2-7-20-18(3-1)14-22-10-11-23-19(16-22)5-8-21(9-6-19)13-17-4-12-24-15-17/h1-4,7,12,15H,5-6,8-11,13-14,16H2. The maximum atomic E-state index is 6.27. The van der Waals surface area contributed by atoms with Crippen molar-refractivity contribution in [3.63, 3.8) is 0 Å². The van der Waals surface area contributed by atoms with E-state index in [4.69, 9.17) is 4.74 Å². The average molecular weight is 343 g/mol. The molecule has 0 atom stereocenters. The molecule has 2 aliphatic rings. The zero-order valence-electron chi connectivity index (χ0n) is 14.1. The van der Waals surface area contributed by atoms with Crippen molar-refractivity contribution >= 4 is 11.3 Å². The lowest BCUT2D eigenvalue weighted by Gasteiger charge is -2.47. The Labute approximate surface area is 148 Å². The third-order valence-corrected chi connectivity index (χ3v) is 5.92. The Morgan fingerprint density at radius 1 is 1.08 bits per heavy atom. The monoisotopic (exact) mass is 343 g/mol. The molecule has 2 saturated heterocycles. The molecule has 5 heteroatoms. The molecule has 2 aromatic rings. The maximum Gasteiger partial charge on any atom is 0.0833 e. The SMILES string of the molecule is c1ccc(CN2CCOC3(CCN(Cc4ccsc4)CC3)C2)nc1. The number of likely N-dealkylation sites (tertiary alicyclic amines) is 1. The van der Waals surface area contributed by atoms with E-state index in [-0.39, 0.29) is 5.60 Å². The lowest BCUT2D eigenvalue weighted by molar-refractivity contribution is -0.138. The highest BCUT2D eigenvalue weighted by molar-refractivity contribution is 7.07. The molecule has 4 heterocycles. The number of aromatic nitrogens is 1. The van der Waals surface area contributed by atoms with Gasteiger partial charge < -0.3 is 4.74 Å². The summed E-state index contributed by atoms with van der Waals surface area (Å²) in [5.41, 5.74) is 2.65. The molecule has 0 aliphatic carbocycles. The van der Waals surface area contributed by atoms with Gasteiger partial charge >= 0.3 is 0 Å². The van der Waals surface area contributed by atoms with Gasteiger partial charge in [-0.2, -0.15) is 11.3 Å². The molecule has 0 unspecified atom stereocenters. The summed E-state index contributed by atoms with van der Waals surface area (Å²) < 4.78 is 6.27. The topological polar surface area (TPSA) is 28.6 Å². The van der Waals surface area contributed by atoms with E-state index in [9.17, 15) is 0 Å². The maximum absolute atomic E-state index is 6.27.